The van der Waals surface area contributed by atoms with Crippen LogP contribution >= 0.6 is 0 Å². The summed E-state index contributed by atoms with van der Waals surface area (Å²) in [6.45, 7) is 6.22. The SMILES string of the molecule is CC/C=C\C/C=C\C/C=C\C/C=C\C/C=C\CCCCCC(=O)OC(CCCCC\C=C/C=C/C=C/CC)CC(=O)NC(CO)C(O)CCCCCCCCCCCCCCCCCCC. The van der Waals surface area contributed by atoms with Gasteiger partial charge in [0.1, 0.15) is 6.10 Å². The van der Waals surface area contributed by atoms with Crippen molar-refractivity contribution in [2.24, 2.45) is 0 Å². The first kappa shape index (κ1) is 62.8. The summed E-state index contributed by atoms with van der Waals surface area (Å²) in [5.74, 6) is -0.552. The molecular weight excluding hydrogens is 815 g/mol. The molecule has 0 bridgehead atoms. The molecule has 0 heterocycles. The van der Waals surface area contributed by atoms with E-state index in [-0.39, 0.29) is 24.9 Å². The number of nitrogens with one attached hydrogen (secondary N) is 1. The van der Waals surface area contributed by atoms with Crippen LogP contribution in [-0.2, 0) is 14.3 Å². The number of esters is 1. The van der Waals surface area contributed by atoms with Gasteiger partial charge in [0.25, 0.3) is 0 Å². The van der Waals surface area contributed by atoms with Gasteiger partial charge in [0.05, 0.1) is 25.2 Å². The first-order chi connectivity index (χ1) is 32.5. The molecule has 0 aromatic heterocycles. The number of rotatable bonds is 48. The van der Waals surface area contributed by atoms with Gasteiger partial charge in [-0.2, -0.15) is 0 Å². The molecule has 0 radical (unpaired) electrons. The average Bonchev–Trinajstić information content (AvgIpc) is 3.31. The second-order valence-corrected chi connectivity index (χ2v) is 18.3. The lowest BCUT2D eigenvalue weighted by Crippen LogP contribution is -2.46. The van der Waals surface area contributed by atoms with Gasteiger partial charge in [0.15, 0.2) is 0 Å². The number of hydrogen-bond acceptors (Lipinski definition) is 5. The van der Waals surface area contributed by atoms with Gasteiger partial charge in [-0.3, -0.25) is 9.59 Å². The first-order valence-electron chi connectivity index (χ1n) is 27.5. The number of carbonyl (C=O) groups is 2. The Hall–Kier alpha value is -3.22. The molecule has 0 aliphatic heterocycles. The predicted molar refractivity (Wildman–Crippen MR) is 287 cm³/mol. The van der Waals surface area contributed by atoms with Gasteiger partial charge in [-0.25, -0.2) is 0 Å². The third-order valence-corrected chi connectivity index (χ3v) is 12.0. The Morgan fingerprint density at radius 1 is 0.470 bits per heavy atom. The van der Waals surface area contributed by atoms with Gasteiger partial charge in [0.2, 0.25) is 5.91 Å². The van der Waals surface area contributed by atoms with Crippen molar-refractivity contribution in [1.29, 1.82) is 0 Å². The zero-order chi connectivity index (χ0) is 48.1. The summed E-state index contributed by atoms with van der Waals surface area (Å²) in [4.78, 5) is 26.2. The maximum Gasteiger partial charge on any atom is 0.306 e. The number of amides is 1. The molecule has 0 aromatic rings. The topological polar surface area (TPSA) is 95.9 Å². The normalized spacial score (nSPS) is 14.0. The van der Waals surface area contributed by atoms with Crippen molar-refractivity contribution < 1.29 is 24.5 Å². The highest BCUT2D eigenvalue weighted by Crippen LogP contribution is 2.17. The summed E-state index contributed by atoms with van der Waals surface area (Å²) in [6, 6.07) is -0.726. The van der Waals surface area contributed by atoms with Crippen molar-refractivity contribution in [1.82, 2.24) is 5.32 Å². The number of hydrogen-bond donors (Lipinski definition) is 3. The van der Waals surface area contributed by atoms with Crippen molar-refractivity contribution in [3.05, 3.63) is 97.2 Å². The third kappa shape index (κ3) is 47.3. The van der Waals surface area contributed by atoms with Gasteiger partial charge in [0, 0.05) is 6.42 Å². The molecule has 6 heteroatoms. The van der Waals surface area contributed by atoms with E-state index in [0.29, 0.717) is 19.3 Å². The second kappa shape index (κ2) is 52.7. The monoisotopic (exact) mass is 918 g/mol. The van der Waals surface area contributed by atoms with Crippen molar-refractivity contribution in [2.45, 2.75) is 264 Å². The lowest BCUT2D eigenvalue weighted by atomic mass is 10.0. The number of allylic oxidation sites excluding steroid dienone is 16. The van der Waals surface area contributed by atoms with E-state index < -0.39 is 18.2 Å². The Morgan fingerprint density at radius 2 is 0.894 bits per heavy atom. The van der Waals surface area contributed by atoms with Crippen LogP contribution < -0.4 is 5.32 Å². The highest BCUT2D eigenvalue weighted by Gasteiger charge is 2.24. The maximum absolute atomic E-state index is 13.2. The zero-order valence-corrected chi connectivity index (χ0v) is 43.0. The minimum atomic E-state index is -0.809. The molecule has 0 spiro atoms. The molecule has 0 saturated heterocycles. The van der Waals surface area contributed by atoms with Crippen LogP contribution in [0, 0.1) is 0 Å². The van der Waals surface area contributed by atoms with E-state index in [2.05, 4.69) is 111 Å². The van der Waals surface area contributed by atoms with E-state index in [1.54, 1.807) is 0 Å². The lowest BCUT2D eigenvalue weighted by Gasteiger charge is -2.24. The Labute approximate surface area is 407 Å². The van der Waals surface area contributed by atoms with Crippen molar-refractivity contribution in [3.8, 4) is 0 Å². The van der Waals surface area contributed by atoms with E-state index in [4.69, 9.17) is 4.74 Å². The molecular formula is C60H103NO5. The Balaban J connectivity index is 4.57. The van der Waals surface area contributed by atoms with E-state index in [1.807, 2.05) is 12.2 Å². The quantitative estimate of drug-likeness (QED) is 0.0245. The van der Waals surface area contributed by atoms with E-state index in [1.165, 1.54) is 89.9 Å². The van der Waals surface area contributed by atoms with Gasteiger partial charge >= 0.3 is 5.97 Å². The Morgan fingerprint density at radius 3 is 1.41 bits per heavy atom. The molecule has 0 aliphatic rings. The Kier molecular flexibility index (Phi) is 50.2. The Bertz CT molecular complexity index is 1310. The fourth-order valence-corrected chi connectivity index (χ4v) is 7.87. The zero-order valence-electron chi connectivity index (χ0n) is 43.0. The molecule has 0 aromatic carbocycles. The van der Waals surface area contributed by atoms with Crippen LogP contribution in [-0.4, -0.2) is 46.9 Å². The van der Waals surface area contributed by atoms with Crippen LogP contribution in [0.3, 0.4) is 0 Å². The summed E-state index contributed by atoms with van der Waals surface area (Å²) in [7, 11) is 0. The number of unbranched alkanes of at least 4 members (excludes halogenated alkanes) is 22. The number of carbonyl (C=O) groups excluding carboxylic acids is 2. The molecule has 0 aliphatic carbocycles. The fraction of sp³-hybridized carbons (Fsp3) is 0.700. The predicted octanol–water partition coefficient (Wildman–Crippen LogP) is 16.9. The standard InChI is InChI=1S/C60H103NO5/c1-4-7-10-13-16-19-22-24-26-28-29-31-33-35-38-41-44-47-50-53-60(65)66-56(51-48-45-42-39-36-21-18-15-12-9-6-3)54-59(64)61-57(55-62)58(63)52-49-46-43-40-37-34-32-30-27-25-23-20-17-14-11-8-5-2/h7,9-10,12,15-16,18-19,21,24,26,29,31,35-36,38,56-58,62-63H,4-6,8,11,13-14,17,20,22-23,25,27-28,30,32-34,37,39-55H2,1-3H3,(H,61,64)/b10-7-,12-9+,18-15+,19-16-,26-24-,31-29-,36-21-,38-35-. The number of aliphatic hydroxyl groups is 2. The molecule has 3 atom stereocenters. The maximum atomic E-state index is 13.2. The molecule has 1 amide bonds. The molecule has 3 N–H and O–H groups in total. The van der Waals surface area contributed by atoms with Crippen LogP contribution in [0.5, 0.6) is 0 Å². The van der Waals surface area contributed by atoms with Crippen molar-refractivity contribution in [2.75, 3.05) is 6.61 Å². The fourth-order valence-electron chi connectivity index (χ4n) is 7.87. The molecule has 378 valence electrons. The lowest BCUT2D eigenvalue weighted by molar-refractivity contribution is -0.151. The summed E-state index contributed by atoms with van der Waals surface area (Å²) < 4.78 is 5.91. The average molecular weight is 918 g/mol. The van der Waals surface area contributed by atoms with Gasteiger partial charge in [-0.15, -0.1) is 0 Å². The highest BCUT2D eigenvalue weighted by atomic mass is 16.5. The minimum Gasteiger partial charge on any atom is -0.462 e. The molecule has 66 heavy (non-hydrogen) atoms. The van der Waals surface area contributed by atoms with E-state index >= 15 is 0 Å². The smallest absolute Gasteiger partial charge is 0.306 e. The van der Waals surface area contributed by atoms with Gasteiger partial charge < -0.3 is 20.3 Å². The van der Waals surface area contributed by atoms with Crippen LogP contribution in [0.1, 0.15) is 245 Å². The summed E-state index contributed by atoms with van der Waals surface area (Å²) in [5.41, 5.74) is 0. The number of aliphatic hydroxyl groups excluding tert-OH is 2. The molecule has 0 fully saturated rings. The van der Waals surface area contributed by atoms with Crippen molar-refractivity contribution in [3.63, 3.8) is 0 Å². The first-order valence-corrected chi connectivity index (χ1v) is 27.5. The summed E-state index contributed by atoms with van der Waals surface area (Å²) in [5, 5.41) is 23.8. The van der Waals surface area contributed by atoms with Gasteiger partial charge in [-0.05, 0) is 89.9 Å². The third-order valence-electron chi connectivity index (χ3n) is 12.0. The molecule has 6 nitrogen and oxygen atoms in total. The second-order valence-electron chi connectivity index (χ2n) is 18.3. The minimum absolute atomic E-state index is 0.0358. The molecule has 0 rings (SSSR count). The number of ether oxygens (including phenoxy) is 1. The van der Waals surface area contributed by atoms with Crippen molar-refractivity contribution >= 4 is 11.9 Å². The summed E-state index contributed by atoms with van der Waals surface area (Å²) in [6.07, 6.45) is 70.5. The van der Waals surface area contributed by atoms with E-state index in [0.717, 1.165) is 109 Å². The van der Waals surface area contributed by atoms with Gasteiger partial charge in [-0.1, -0.05) is 240 Å². The molecule has 3 unspecified atom stereocenters. The summed E-state index contributed by atoms with van der Waals surface area (Å²) >= 11 is 0. The highest BCUT2D eigenvalue weighted by molar-refractivity contribution is 5.77. The van der Waals surface area contributed by atoms with Crippen LogP contribution in [0.15, 0.2) is 97.2 Å². The molecule has 0 saturated carbocycles. The van der Waals surface area contributed by atoms with E-state index in [9.17, 15) is 19.8 Å². The van der Waals surface area contributed by atoms with Crippen LogP contribution in [0.4, 0.5) is 0 Å². The van der Waals surface area contributed by atoms with Crippen LogP contribution in [0.25, 0.3) is 0 Å². The largest absolute Gasteiger partial charge is 0.462 e. The van der Waals surface area contributed by atoms with Crippen LogP contribution in [0.2, 0.25) is 0 Å².